The van der Waals surface area contributed by atoms with Gasteiger partial charge in [-0.15, -0.1) is 0 Å². The van der Waals surface area contributed by atoms with E-state index in [9.17, 15) is 18.0 Å². The molecule has 1 unspecified atom stereocenters. The molecule has 1 aliphatic rings. The molecule has 0 aromatic heterocycles. The van der Waals surface area contributed by atoms with Gasteiger partial charge in [-0.1, -0.05) is 11.6 Å². The van der Waals surface area contributed by atoms with Gasteiger partial charge < -0.3 is 10.6 Å². The van der Waals surface area contributed by atoms with Gasteiger partial charge in [0.05, 0.1) is 5.69 Å². The van der Waals surface area contributed by atoms with E-state index < -0.39 is 24.0 Å². The Labute approximate surface area is 127 Å². The lowest BCUT2D eigenvalue weighted by molar-refractivity contribution is -0.213. The fourth-order valence-electron chi connectivity index (χ4n) is 2.09. The summed E-state index contributed by atoms with van der Waals surface area (Å²) in [6, 6.07) is 4.45. The highest BCUT2D eigenvalue weighted by Crippen LogP contribution is 2.44. The number of alkyl halides is 3. The van der Waals surface area contributed by atoms with Crippen LogP contribution in [0.2, 0.25) is 5.02 Å². The largest absolute Gasteiger partial charge is 0.404 e. The lowest BCUT2D eigenvalue weighted by Crippen LogP contribution is -2.49. The average Bonchev–Trinajstić information content (AvgIpc) is 2.82. The summed E-state index contributed by atoms with van der Waals surface area (Å²) in [6.45, 7) is -0.248. The maximum atomic E-state index is 13.2. The first-order valence-corrected chi connectivity index (χ1v) is 6.97. The van der Waals surface area contributed by atoms with Crippen molar-refractivity contribution in [3.63, 3.8) is 0 Å². The molecule has 1 atom stereocenters. The first-order valence-electron chi connectivity index (χ1n) is 5.80. The molecule has 1 amide bonds. The highest BCUT2D eigenvalue weighted by atomic mass is 79.9. The quantitative estimate of drug-likeness (QED) is 0.834. The van der Waals surface area contributed by atoms with Gasteiger partial charge in [-0.05, 0) is 47.1 Å². The predicted molar refractivity (Wildman–Crippen MR) is 73.8 cm³/mol. The van der Waals surface area contributed by atoms with Crippen LogP contribution in [0.5, 0.6) is 0 Å². The smallest absolute Gasteiger partial charge is 0.324 e. The molecule has 110 valence electrons. The van der Waals surface area contributed by atoms with Gasteiger partial charge in [0.15, 0.2) is 5.41 Å². The van der Waals surface area contributed by atoms with Crippen LogP contribution >= 0.6 is 27.5 Å². The fourth-order valence-corrected chi connectivity index (χ4v) is 2.87. The molecule has 2 rings (SSSR count). The van der Waals surface area contributed by atoms with Gasteiger partial charge in [0.1, 0.15) is 0 Å². The first-order chi connectivity index (χ1) is 9.26. The van der Waals surface area contributed by atoms with E-state index in [1.807, 2.05) is 0 Å². The molecule has 0 saturated carbocycles. The Morgan fingerprint density at radius 3 is 2.65 bits per heavy atom. The van der Waals surface area contributed by atoms with Gasteiger partial charge >= 0.3 is 6.18 Å². The minimum Gasteiger partial charge on any atom is -0.324 e. The van der Waals surface area contributed by atoms with Crippen molar-refractivity contribution >= 4 is 39.1 Å². The summed E-state index contributed by atoms with van der Waals surface area (Å²) in [7, 11) is 0. The van der Waals surface area contributed by atoms with Crippen molar-refractivity contribution in [2.45, 2.75) is 12.6 Å². The lowest BCUT2D eigenvalue weighted by Gasteiger charge is -2.29. The highest BCUT2D eigenvalue weighted by molar-refractivity contribution is 9.10. The average molecular weight is 372 g/mol. The third kappa shape index (κ3) is 2.80. The Kier molecular flexibility index (Phi) is 4.32. The molecule has 8 heteroatoms. The molecular weight excluding hydrogens is 360 g/mol. The van der Waals surface area contributed by atoms with Crippen molar-refractivity contribution in [1.82, 2.24) is 5.32 Å². The lowest BCUT2D eigenvalue weighted by atomic mass is 9.85. The summed E-state index contributed by atoms with van der Waals surface area (Å²) in [5.74, 6) is -1.06. The minimum absolute atomic E-state index is 0.161. The van der Waals surface area contributed by atoms with Crippen molar-refractivity contribution < 1.29 is 18.0 Å². The van der Waals surface area contributed by atoms with E-state index in [1.54, 1.807) is 0 Å². The Morgan fingerprint density at radius 2 is 2.15 bits per heavy atom. The SMILES string of the molecule is O=C(Nc1ccc(Cl)cc1Br)C1(C(F)(F)F)CCNC1. The molecule has 0 radical (unpaired) electrons. The van der Waals surface area contributed by atoms with Crippen molar-refractivity contribution in [3.8, 4) is 0 Å². The number of carbonyl (C=O) groups excluding carboxylic acids is 1. The number of hydrogen-bond acceptors (Lipinski definition) is 2. The molecule has 1 aromatic rings. The Morgan fingerprint density at radius 1 is 1.45 bits per heavy atom. The number of benzene rings is 1. The number of nitrogens with one attached hydrogen (secondary N) is 2. The van der Waals surface area contributed by atoms with E-state index in [0.717, 1.165) is 0 Å². The van der Waals surface area contributed by atoms with Crippen LogP contribution in [0.4, 0.5) is 18.9 Å². The molecule has 1 aliphatic heterocycles. The zero-order valence-electron chi connectivity index (χ0n) is 10.2. The van der Waals surface area contributed by atoms with E-state index in [4.69, 9.17) is 11.6 Å². The summed E-state index contributed by atoms with van der Waals surface area (Å²) in [6.07, 6.45) is -4.87. The van der Waals surface area contributed by atoms with E-state index in [-0.39, 0.29) is 18.7 Å². The van der Waals surface area contributed by atoms with Crippen molar-refractivity contribution in [1.29, 1.82) is 0 Å². The zero-order chi connectivity index (χ0) is 15.0. The van der Waals surface area contributed by atoms with E-state index in [2.05, 4.69) is 26.6 Å². The van der Waals surface area contributed by atoms with Crippen LogP contribution in [0.3, 0.4) is 0 Å². The molecule has 0 aliphatic carbocycles. The standard InChI is InChI=1S/C12H11BrClF3N2O/c13-8-5-7(14)1-2-9(8)19-10(20)11(12(15,16)17)3-4-18-6-11/h1-2,5,18H,3-4,6H2,(H,19,20). The van der Waals surface area contributed by atoms with Crippen molar-refractivity contribution in [2.24, 2.45) is 5.41 Å². The van der Waals surface area contributed by atoms with E-state index >= 15 is 0 Å². The van der Waals surface area contributed by atoms with Crippen LogP contribution in [0.15, 0.2) is 22.7 Å². The molecule has 0 spiro atoms. The molecule has 0 bridgehead atoms. The first kappa shape index (κ1) is 15.6. The summed E-state index contributed by atoms with van der Waals surface area (Å²) in [5.41, 5.74) is -2.12. The molecule has 2 N–H and O–H groups in total. The zero-order valence-corrected chi connectivity index (χ0v) is 12.5. The Hall–Kier alpha value is -0.790. The third-order valence-corrected chi connectivity index (χ3v) is 4.20. The van der Waals surface area contributed by atoms with Crippen LogP contribution in [0, 0.1) is 5.41 Å². The van der Waals surface area contributed by atoms with Crippen LogP contribution in [0.25, 0.3) is 0 Å². The Balaban J connectivity index is 2.26. The maximum Gasteiger partial charge on any atom is 0.404 e. The second-order valence-electron chi connectivity index (χ2n) is 4.58. The van der Waals surface area contributed by atoms with Crippen LogP contribution in [-0.2, 0) is 4.79 Å². The molecule has 1 heterocycles. The predicted octanol–water partition coefficient (Wildman–Crippen LogP) is 3.58. The van der Waals surface area contributed by atoms with Gasteiger partial charge in [-0.25, -0.2) is 0 Å². The fraction of sp³-hybridized carbons (Fsp3) is 0.417. The van der Waals surface area contributed by atoms with Crippen molar-refractivity contribution in [2.75, 3.05) is 18.4 Å². The molecule has 1 aromatic carbocycles. The van der Waals surface area contributed by atoms with Gasteiger partial charge in [0, 0.05) is 16.0 Å². The third-order valence-electron chi connectivity index (χ3n) is 3.31. The summed E-state index contributed by atoms with van der Waals surface area (Å²) in [5, 5.41) is 5.34. The monoisotopic (exact) mass is 370 g/mol. The van der Waals surface area contributed by atoms with Crippen LogP contribution in [-0.4, -0.2) is 25.2 Å². The highest BCUT2D eigenvalue weighted by Gasteiger charge is 2.61. The van der Waals surface area contributed by atoms with Gasteiger partial charge in [-0.3, -0.25) is 4.79 Å². The van der Waals surface area contributed by atoms with E-state index in [1.165, 1.54) is 18.2 Å². The second-order valence-corrected chi connectivity index (χ2v) is 5.88. The normalized spacial score (nSPS) is 22.9. The summed E-state index contributed by atoms with van der Waals surface area (Å²) in [4.78, 5) is 12.1. The van der Waals surface area contributed by atoms with Gasteiger partial charge in [0.2, 0.25) is 5.91 Å². The number of hydrogen-bond donors (Lipinski definition) is 2. The number of rotatable bonds is 2. The van der Waals surface area contributed by atoms with Gasteiger partial charge in [-0.2, -0.15) is 13.2 Å². The molecule has 1 saturated heterocycles. The summed E-state index contributed by atoms with van der Waals surface area (Å²) >= 11 is 8.90. The van der Waals surface area contributed by atoms with Crippen molar-refractivity contribution in [3.05, 3.63) is 27.7 Å². The maximum absolute atomic E-state index is 13.2. The minimum atomic E-state index is -4.60. The molecule has 20 heavy (non-hydrogen) atoms. The number of amides is 1. The summed E-state index contributed by atoms with van der Waals surface area (Å²) < 4.78 is 40.0. The number of halogens is 5. The van der Waals surface area contributed by atoms with Crippen LogP contribution < -0.4 is 10.6 Å². The molecular formula is C12H11BrClF3N2O. The Bertz CT molecular complexity index is 530. The van der Waals surface area contributed by atoms with Crippen LogP contribution in [0.1, 0.15) is 6.42 Å². The molecule has 1 fully saturated rings. The second kappa shape index (κ2) is 5.54. The van der Waals surface area contributed by atoms with Gasteiger partial charge in [0.25, 0.3) is 0 Å². The molecule has 3 nitrogen and oxygen atoms in total. The topological polar surface area (TPSA) is 41.1 Å². The number of carbonyl (C=O) groups is 1. The number of anilines is 1. The van der Waals surface area contributed by atoms with E-state index in [0.29, 0.717) is 9.50 Å².